The van der Waals surface area contributed by atoms with Gasteiger partial charge in [-0.3, -0.25) is 19.4 Å². The van der Waals surface area contributed by atoms with Crippen molar-refractivity contribution in [2.75, 3.05) is 11.5 Å². The highest BCUT2D eigenvalue weighted by molar-refractivity contribution is 8.14. The van der Waals surface area contributed by atoms with Gasteiger partial charge >= 0.3 is 0 Å². The first kappa shape index (κ1) is 24.8. The molecule has 32 heavy (non-hydrogen) atoms. The van der Waals surface area contributed by atoms with Crippen LogP contribution in [-0.4, -0.2) is 56.9 Å². The number of fused-ring (bicyclic) bond motifs is 4. The number of carbonyl (C=O) groups excluding carboxylic acids is 3. The van der Waals surface area contributed by atoms with E-state index in [0.717, 1.165) is 11.4 Å². The molecule has 1 aromatic rings. The zero-order valence-electron chi connectivity index (χ0n) is 18.4. The van der Waals surface area contributed by atoms with Crippen molar-refractivity contribution in [2.24, 2.45) is 10.9 Å². The number of nitrogens with zero attached hydrogens (tertiary/aromatic N) is 2. The molecule has 0 aromatic carbocycles. The third-order valence-corrected chi connectivity index (χ3v) is 7.56. The average molecular weight is 496 g/mol. The van der Waals surface area contributed by atoms with Crippen LogP contribution in [0.3, 0.4) is 0 Å². The number of thiol groups is 1. The topological polar surface area (TPSA) is 113 Å². The molecule has 3 amide bonds. The van der Waals surface area contributed by atoms with Crippen LogP contribution in [0.5, 0.6) is 0 Å². The van der Waals surface area contributed by atoms with Crippen molar-refractivity contribution in [3.63, 3.8) is 0 Å². The molecule has 0 aliphatic carbocycles. The highest BCUT2D eigenvalue weighted by Gasteiger charge is 2.41. The molecular weight excluding hydrogens is 466 g/mol. The maximum Gasteiger partial charge on any atom is 0.249 e. The van der Waals surface area contributed by atoms with Crippen LogP contribution in [0.25, 0.3) is 0 Å². The van der Waals surface area contributed by atoms with Crippen molar-refractivity contribution in [3.8, 4) is 0 Å². The maximum absolute atomic E-state index is 13.1. The molecule has 3 heterocycles. The molecule has 0 fully saturated rings. The van der Waals surface area contributed by atoms with Crippen molar-refractivity contribution < 1.29 is 14.4 Å². The number of thiazole rings is 1. The van der Waals surface area contributed by atoms with Crippen LogP contribution in [0.15, 0.2) is 22.5 Å². The number of hydrogen-bond acceptors (Lipinski definition) is 8. The Morgan fingerprint density at radius 2 is 2.09 bits per heavy atom. The van der Waals surface area contributed by atoms with E-state index in [1.165, 1.54) is 23.1 Å². The van der Waals surface area contributed by atoms with E-state index in [1.807, 2.05) is 31.4 Å². The lowest BCUT2D eigenvalue weighted by molar-refractivity contribution is -0.132. The van der Waals surface area contributed by atoms with E-state index >= 15 is 0 Å². The minimum absolute atomic E-state index is 0.0894. The Balaban J connectivity index is 1.92. The lowest BCUT2D eigenvalue weighted by atomic mass is 9.99. The Labute approximate surface area is 201 Å². The summed E-state index contributed by atoms with van der Waals surface area (Å²) >= 11 is 7.11. The Kier molecular flexibility index (Phi) is 8.40. The molecule has 3 N–H and O–H groups in total. The Morgan fingerprint density at radius 3 is 2.81 bits per heavy atom. The summed E-state index contributed by atoms with van der Waals surface area (Å²) in [6.45, 7) is 5.82. The Morgan fingerprint density at radius 1 is 1.31 bits per heavy atom. The van der Waals surface area contributed by atoms with Gasteiger partial charge in [-0.05, 0) is 25.0 Å². The quantitative estimate of drug-likeness (QED) is 0.377. The minimum Gasteiger partial charge on any atom is -0.350 e. The lowest BCUT2D eigenvalue weighted by Crippen LogP contribution is -2.56. The summed E-state index contributed by atoms with van der Waals surface area (Å²) in [5.74, 6) is 0.181. The average Bonchev–Trinajstić information content (AvgIpc) is 3.37. The number of carbonyl (C=O) groups is 3. The SMILES string of the molecule is CC(C)[C@@H]1NC(=O)C2(C)CSC(=N2)c2csc(n2)CNC(=O)CC(/C=C/CCS)NC1=O. The first-order valence-electron chi connectivity index (χ1n) is 10.5. The van der Waals surface area contributed by atoms with Crippen LogP contribution in [0, 0.1) is 5.92 Å². The van der Waals surface area contributed by atoms with Crippen LogP contribution < -0.4 is 16.0 Å². The Bertz CT molecular complexity index is 930. The van der Waals surface area contributed by atoms with Gasteiger partial charge in [-0.25, -0.2) is 4.98 Å². The van der Waals surface area contributed by atoms with Gasteiger partial charge in [-0.2, -0.15) is 12.6 Å². The number of rotatable bonds is 4. The van der Waals surface area contributed by atoms with E-state index < -0.39 is 17.6 Å². The smallest absolute Gasteiger partial charge is 0.249 e. The summed E-state index contributed by atoms with van der Waals surface area (Å²) < 4.78 is 0. The zero-order chi connectivity index (χ0) is 23.3. The van der Waals surface area contributed by atoms with E-state index in [1.54, 1.807) is 6.92 Å². The van der Waals surface area contributed by atoms with Gasteiger partial charge in [-0.1, -0.05) is 26.0 Å². The molecule has 1 aromatic heterocycles. The molecular formula is C21H29N5O3S3. The number of allylic oxidation sites excluding steroid dienone is 1. The number of aromatic nitrogens is 1. The molecule has 2 aliphatic heterocycles. The van der Waals surface area contributed by atoms with Gasteiger partial charge in [0.05, 0.1) is 19.0 Å². The van der Waals surface area contributed by atoms with E-state index in [-0.39, 0.29) is 30.1 Å². The van der Waals surface area contributed by atoms with Crippen LogP contribution in [-0.2, 0) is 20.9 Å². The number of hydrogen-bond donors (Lipinski definition) is 4. The third-order valence-electron chi connectivity index (χ3n) is 5.17. The van der Waals surface area contributed by atoms with Crippen LogP contribution in [0.2, 0.25) is 0 Å². The molecule has 3 rings (SSSR count). The molecule has 174 valence electrons. The van der Waals surface area contributed by atoms with Gasteiger partial charge in [0.15, 0.2) is 0 Å². The zero-order valence-corrected chi connectivity index (χ0v) is 20.9. The molecule has 0 radical (unpaired) electrons. The summed E-state index contributed by atoms with van der Waals surface area (Å²) in [5.41, 5.74) is -0.271. The van der Waals surface area contributed by atoms with E-state index in [9.17, 15) is 14.4 Å². The fourth-order valence-electron chi connectivity index (χ4n) is 3.29. The summed E-state index contributed by atoms with van der Waals surface area (Å²) in [5, 5.41) is 12.0. The highest BCUT2D eigenvalue weighted by atomic mass is 32.2. The molecule has 2 unspecified atom stereocenters. The lowest BCUT2D eigenvalue weighted by Gasteiger charge is -2.27. The summed E-state index contributed by atoms with van der Waals surface area (Å²) in [7, 11) is 0. The maximum atomic E-state index is 13.1. The van der Waals surface area contributed by atoms with E-state index in [4.69, 9.17) is 0 Å². The van der Waals surface area contributed by atoms with Crippen LogP contribution in [0.4, 0.5) is 0 Å². The van der Waals surface area contributed by atoms with Crippen molar-refractivity contribution in [2.45, 2.75) is 57.8 Å². The van der Waals surface area contributed by atoms with Crippen LogP contribution >= 0.6 is 35.7 Å². The second-order valence-corrected chi connectivity index (χ2v) is 10.7. The normalized spacial score (nSPS) is 27.3. The number of thioether (sulfide) groups is 1. The summed E-state index contributed by atoms with van der Waals surface area (Å²) in [4.78, 5) is 48.0. The molecule has 0 saturated carbocycles. The summed E-state index contributed by atoms with van der Waals surface area (Å²) in [6, 6.07) is -1.24. The molecule has 0 saturated heterocycles. The number of aliphatic imine (C=N–C) groups is 1. The first-order chi connectivity index (χ1) is 15.2. The molecule has 0 spiro atoms. The van der Waals surface area contributed by atoms with Gasteiger partial charge in [0.2, 0.25) is 17.7 Å². The predicted molar refractivity (Wildman–Crippen MR) is 132 cm³/mol. The van der Waals surface area contributed by atoms with Crippen molar-refractivity contribution in [1.29, 1.82) is 0 Å². The standard InChI is InChI=1S/C21H29N5O3S3/c1-12(2)17-18(28)23-13(6-4-5-7-30)8-15(27)22-9-16-24-14(10-31-16)19-26-21(3,11-32-19)20(29)25-17/h4,6,10,12-13,17,30H,5,7-9,11H2,1-3H3,(H,22,27)(H,23,28)(H,25,29)/b6-4+/t13?,17-,21?/m0/s1. The molecule has 4 bridgehead atoms. The number of amides is 3. The number of nitrogens with one attached hydrogen (secondary N) is 3. The first-order valence-corrected chi connectivity index (χ1v) is 13.0. The Hall–Kier alpha value is -1.85. The van der Waals surface area contributed by atoms with Gasteiger partial charge in [0.25, 0.3) is 0 Å². The molecule has 3 atom stereocenters. The summed E-state index contributed by atoms with van der Waals surface area (Å²) in [6.07, 6.45) is 4.52. The van der Waals surface area contributed by atoms with Crippen molar-refractivity contribution in [3.05, 3.63) is 28.2 Å². The highest BCUT2D eigenvalue weighted by Crippen LogP contribution is 2.32. The largest absolute Gasteiger partial charge is 0.350 e. The van der Waals surface area contributed by atoms with Crippen molar-refractivity contribution >= 4 is 58.5 Å². The van der Waals surface area contributed by atoms with E-state index in [2.05, 4.69) is 38.6 Å². The van der Waals surface area contributed by atoms with Crippen molar-refractivity contribution in [1.82, 2.24) is 20.9 Å². The van der Waals surface area contributed by atoms with Gasteiger partial charge in [0, 0.05) is 11.1 Å². The van der Waals surface area contributed by atoms with Crippen LogP contribution in [0.1, 0.15) is 44.3 Å². The van der Waals surface area contributed by atoms with E-state index in [0.29, 0.717) is 28.8 Å². The molecule has 8 nitrogen and oxygen atoms in total. The second kappa shape index (κ2) is 10.8. The second-order valence-electron chi connectivity index (χ2n) is 8.34. The van der Waals surface area contributed by atoms with Gasteiger partial charge < -0.3 is 16.0 Å². The minimum atomic E-state index is -0.978. The van der Waals surface area contributed by atoms with Gasteiger partial charge in [0.1, 0.15) is 27.3 Å². The fourth-order valence-corrected chi connectivity index (χ4v) is 5.36. The predicted octanol–water partition coefficient (Wildman–Crippen LogP) is 1.92. The fraction of sp³-hybridized carbons (Fsp3) is 0.571. The third kappa shape index (κ3) is 6.14. The van der Waals surface area contributed by atoms with Gasteiger partial charge in [-0.15, -0.1) is 23.1 Å². The molecule has 2 aliphatic rings. The monoisotopic (exact) mass is 495 g/mol. The molecule has 11 heteroatoms.